The molecule has 2 aromatic heterocycles. The van der Waals surface area contributed by atoms with Gasteiger partial charge < -0.3 is 4.90 Å². The van der Waals surface area contributed by atoms with E-state index in [4.69, 9.17) is 0 Å². The molecule has 3 heterocycles. The van der Waals surface area contributed by atoms with Crippen molar-refractivity contribution in [2.75, 3.05) is 26.2 Å². The number of halogens is 4. The second-order valence-electron chi connectivity index (χ2n) is 6.76. The molecule has 0 bridgehead atoms. The monoisotopic (exact) mass is 452 g/mol. The molecule has 1 amide bonds. The van der Waals surface area contributed by atoms with Crippen molar-refractivity contribution in [2.24, 2.45) is 7.05 Å². The predicted octanol–water partition coefficient (Wildman–Crippen LogP) is 1.33. The van der Waals surface area contributed by atoms with Crippen molar-refractivity contribution >= 4 is 15.9 Å². The summed E-state index contributed by atoms with van der Waals surface area (Å²) in [6.07, 6.45) is -4.85. The first kappa shape index (κ1) is 22.2. The van der Waals surface area contributed by atoms with Crippen LogP contribution in [0.3, 0.4) is 0 Å². The number of hydrogen-bond donors (Lipinski definition) is 0. The molecule has 9 nitrogen and oxygen atoms in total. The summed E-state index contributed by atoms with van der Waals surface area (Å²) >= 11 is 0. The van der Waals surface area contributed by atoms with Crippen molar-refractivity contribution in [1.29, 1.82) is 0 Å². The first-order valence-corrected chi connectivity index (χ1v) is 10.4. The van der Waals surface area contributed by atoms with Crippen LogP contribution in [0.4, 0.5) is 17.6 Å². The molecule has 166 valence electrons. The highest BCUT2D eigenvalue weighted by molar-refractivity contribution is 7.89. The molecule has 30 heavy (non-hydrogen) atoms. The Bertz CT molecular complexity index is 1030. The summed E-state index contributed by atoms with van der Waals surface area (Å²) in [4.78, 5) is 13.8. The molecular formula is C16H20F4N6O3S. The number of sulfonamides is 1. The van der Waals surface area contributed by atoms with Gasteiger partial charge in [-0.2, -0.15) is 14.5 Å². The van der Waals surface area contributed by atoms with Gasteiger partial charge in [-0.05, 0) is 13.0 Å². The molecule has 0 unspecified atom stereocenters. The summed E-state index contributed by atoms with van der Waals surface area (Å²) in [6.45, 7) is 1.06. The number of nitrogens with zero attached hydrogens (tertiary/aromatic N) is 6. The van der Waals surface area contributed by atoms with Gasteiger partial charge in [-0.25, -0.2) is 26.0 Å². The number of piperazine rings is 1. The Morgan fingerprint density at radius 2 is 1.77 bits per heavy atom. The smallest absolute Gasteiger partial charge is 0.282 e. The van der Waals surface area contributed by atoms with Gasteiger partial charge in [-0.3, -0.25) is 14.2 Å². The molecule has 1 fully saturated rings. The fraction of sp³-hybridized carbons (Fsp3) is 0.562. The van der Waals surface area contributed by atoms with E-state index in [0.29, 0.717) is 16.4 Å². The Balaban J connectivity index is 1.67. The molecule has 1 aliphatic rings. The molecule has 0 aliphatic carbocycles. The fourth-order valence-electron chi connectivity index (χ4n) is 3.14. The van der Waals surface area contributed by atoms with E-state index in [-0.39, 0.29) is 31.1 Å². The van der Waals surface area contributed by atoms with Crippen LogP contribution in [0.25, 0.3) is 0 Å². The quantitative estimate of drug-likeness (QED) is 0.617. The van der Waals surface area contributed by atoms with Gasteiger partial charge in [-0.1, -0.05) is 0 Å². The van der Waals surface area contributed by atoms with Gasteiger partial charge >= 0.3 is 0 Å². The molecule has 0 aromatic carbocycles. The van der Waals surface area contributed by atoms with Crippen LogP contribution >= 0.6 is 0 Å². The minimum absolute atomic E-state index is 0.00546. The maximum Gasteiger partial charge on any atom is 0.282 e. The highest BCUT2D eigenvalue weighted by atomic mass is 32.2. The Hall–Kier alpha value is -2.48. The number of hydrogen-bond acceptors (Lipinski definition) is 5. The molecule has 0 spiro atoms. The zero-order valence-corrected chi connectivity index (χ0v) is 17.0. The normalized spacial score (nSPS) is 16.1. The lowest BCUT2D eigenvalue weighted by atomic mass is 10.3. The highest BCUT2D eigenvalue weighted by Gasteiger charge is 2.33. The van der Waals surface area contributed by atoms with Crippen LogP contribution in [0.2, 0.25) is 0 Å². The number of aryl methyl sites for hydroxylation is 1. The SMILES string of the molecule is Cc1c(S(=O)(=O)N2CCN(C(=O)Cn3nc(C(F)F)cc3C(F)F)CC2)cnn1C. The standard InChI is InChI=1S/C16H20F4N6O3S/c1-10-13(8-21-23(10)2)30(28,29)25-5-3-24(4-6-25)14(27)9-26-12(16(19)20)7-11(22-26)15(17)18/h7-8,15-16H,3-6,9H2,1-2H3. The van der Waals surface area contributed by atoms with E-state index in [1.165, 1.54) is 20.1 Å². The molecule has 0 atom stereocenters. The van der Waals surface area contributed by atoms with Gasteiger partial charge in [0.25, 0.3) is 12.9 Å². The Kier molecular flexibility index (Phi) is 6.17. The van der Waals surface area contributed by atoms with Gasteiger partial charge in [0, 0.05) is 33.2 Å². The second kappa shape index (κ2) is 8.34. The summed E-state index contributed by atoms with van der Waals surface area (Å²) in [5.41, 5.74) is -1.13. The molecular weight excluding hydrogens is 432 g/mol. The lowest BCUT2D eigenvalue weighted by Gasteiger charge is -2.34. The molecule has 0 saturated carbocycles. The van der Waals surface area contributed by atoms with Crippen molar-refractivity contribution in [1.82, 2.24) is 28.8 Å². The van der Waals surface area contributed by atoms with Crippen molar-refractivity contribution in [3.05, 3.63) is 29.3 Å². The third-order valence-corrected chi connectivity index (χ3v) is 6.96. The molecule has 2 aromatic rings. The summed E-state index contributed by atoms with van der Waals surface area (Å²) in [5.74, 6) is -0.615. The molecule has 14 heteroatoms. The van der Waals surface area contributed by atoms with Gasteiger partial charge in [0.1, 0.15) is 22.8 Å². The largest absolute Gasteiger partial charge is 0.338 e. The maximum atomic E-state index is 13.1. The summed E-state index contributed by atoms with van der Waals surface area (Å²) < 4.78 is 80.4. The Labute approximate surface area is 169 Å². The average Bonchev–Trinajstić information content (AvgIpc) is 3.26. The highest BCUT2D eigenvalue weighted by Crippen LogP contribution is 2.25. The third-order valence-electron chi connectivity index (χ3n) is 4.96. The van der Waals surface area contributed by atoms with Crippen LogP contribution in [-0.4, -0.2) is 69.3 Å². The van der Waals surface area contributed by atoms with E-state index in [1.54, 1.807) is 14.0 Å². The number of amides is 1. The van der Waals surface area contributed by atoms with E-state index in [0.717, 1.165) is 0 Å². The number of alkyl halides is 4. The van der Waals surface area contributed by atoms with Crippen LogP contribution in [-0.2, 0) is 28.4 Å². The first-order chi connectivity index (χ1) is 14.0. The molecule has 0 radical (unpaired) electrons. The van der Waals surface area contributed by atoms with E-state index >= 15 is 0 Å². The van der Waals surface area contributed by atoms with Crippen molar-refractivity contribution in [2.45, 2.75) is 31.2 Å². The van der Waals surface area contributed by atoms with Crippen molar-refractivity contribution in [3.8, 4) is 0 Å². The predicted molar refractivity (Wildman–Crippen MR) is 95.4 cm³/mol. The zero-order valence-electron chi connectivity index (χ0n) is 16.2. The van der Waals surface area contributed by atoms with Gasteiger partial charge in [0.05, 0.1) is 11.9 Å². The van der Waals surface area contributed by atoms with Gasteiger partial charge in [-0.15, -0.1) is 0 Å². The molecule has 0 N–H and O–H groups in total. The van der Waals surface area contributed by atoms with E-state index in [9.17, 15) is 30.8 Å². The lowest BCUT2D eigenvalue weighted by molar-refractivity contribution is -0.133. The number of aromatic nitrogens is 4. The first-order valence-electron chi connectivity index (χ1n) is 8.92. The van der Waals surface area contributed by atoms with E-state index in [1.807, 2.05) is 0 Å². The summed E-state index contributed by atoms with van der Waals surface area (Å²) in [7, 11) is -2.17. The van der Waals surface area contributed by atoms with Crippen LogP contribution in [0.15, 0.2) is 17.2 Å². The van der Waals surface area contributed by atoms with Gasteiger partial charge in [0.2, 0.25) is 15.9 Å². The number of carbonyl (C=O) groups is 1. The molecule has 1 saturated heterocycles. The van der Waals surface area contributed by atoms with Crippen LogP contribution in [0, 0.1) is 6.92 Å². The van der Waals surface area contributed by atoms with Crippen LogP contribution < -0.4 is 0 Å². The number of carbonyl (C=O) groups excluding carboxylic acids is 1. The Morgan fingerprint density at radius 1 is 1.13 bits per heavy atom. The lowest BCUT2D eigenvalue weighted by Crippen LogP contribution is -2.51. The summed E-state index contributed by atoms with van der Waals surface area (Å²) in [6, 6.07) is 0.573. The fourth-order valence-corrected chi connectivity index (χ4v) is 4.75. The average molecular weight is 452 g/mol. The molecule has 3 rings (SSSR count). The molecule has 1 aliphatic heterocycles. The van der Waals surface area contributed by atoms with Crippen LogP contribution in [0.1, 0.15) is 29.9 Å². The third kappa shape index (κ3) is 4.19. The Morgan fingerprint density at radius 3 is 2.27 bits per heavy atom. The van der Waals surface area contributed by atoms with Crippen molar-refractivity contribution < 1.29 is 30.8 Å². The topological polar surface area (TPSA) is 93.3 Å². The summed E-state index contributed by atoms with van der Waals surface area (Å²) in [5, 5.41) is 7.32. The van der Waals surface area contributed by atoms with Crippen molar-refractivity contribution in [3.63, 3.8) is 0 Å². The van der Waals surface area contributed by atoms with Crippen LogP contribution in [0.5, 0.6) is 0 Å². The zero-order chi connectivity index (χ0) is 22.2. The van der Waals surface area contributed by atoms with E-state index < -0.39 is 46.7 Å². The second-order valence-corrected chi connectivity index (χ2v) is 8.66. The maximum absolute atomic E-state index is 13.1. The van der Waals surface area contributed by atoms with E-state index in [2.05, 4.69) is 10.2 Å². The number of rotatable bonds is 6. The minimum Gasteiger partial charge on any atom is -0.338 e. The minimum atomic E-state index is -3.79. The van der Waals surface area contributed by atoms with Gasteiger partial charge in [0.15, 0.2) is 0 Å².